The molecule has 1 aromatic heterocycles. The molecule has 22 heavy (non-hydrogen) atoms. The average Bonchev–Trinajstić information content (AvgIpc) is 2.84. The van der Waals surface area contributed by atoms with E-state index in [2.05, 4.69) is 15.4 Å². The third-order valence-electron chi connectivity index (χ3n) is 2.83. The number of guanidine groups is 1. The van der Waals surface area contributed by atoms with Crippen molar-refractivity contribution in [1.29, 1.82) is 0 Å². The normalized spacial score (nSPS) is 11.2. The van der Waals surface area contributed by atoms with E-state index < -0.39 is 0 Å². The van der Waals surface area contributed by atoms with Gasteiger partial charge in [-0.3, -0.25) is 4.68 Å². The summed E-state index contributed by atoms with van der Waals surface area (Å²) in [6, 6.07) is 9.52. The molecular formula is C15H22IN5O. The van der Waals surface area contributed by atoms with E-state index in [1.54, 1.807) is 10.9 Å². The Morgan fingerprint density at radius 3 is 2.55 bits per heavy atom. The molecule has 0 unspecified atom stereocenters. The maximum Gasteiger partial charge on any atom is 0.193 e. The molecule has 6 nitrogen and oxygen atoms in total. The van der Waals surface area contributed by atoms with Crippen LogP contribution in [-0.4, -0.2) is 21.8 Å². The highest BCUT2D eigenvalue weighted by atomic mass is 127. The van der Waals surface area contributed by atoms with Gasteiger partial charge in [0.25, 0.3) is 0 Å². The molecule has 1 aromatic carbocycles. The minimum absolute atomic E-state index is 0. The third-order valence-corrected chi connectivity index (χ3v) is 2.83. The zero-order chi connectivity index (χ0) is 15.2. The summed E-state index contributed by atoms with van der Waals surface area (Å²) in [6.45, 7) is 4.48. The topological polar surface area (TPSA) is 77.5 Å². The van der Waals surface area contributed by atoms with Gasteiger partial charge in [-0.2, -0.15) is 5.10 Å². The van der Waals surface area contributed by atoms with Crippen molar-refractivity contribution >= 4 is 35.6 Å². The van der Waals surface area contributed by atoms with Crippen LogP contribution >= 0.6 is 24.0 Å². The van der Waals surface area contributed by atoms with Crippen molar-refractivity contribution < 1.29 is 4.74 Å². The standard InChI is InChI=1S/C15H21N5O.HI/c1-11(2)21-14-6-4-12(5-7-14)19-15(16)17-10-13-8-9-18-20(13)3;/h4-9,11H,10H2,1-3H3,(H3,16,17,19);1H. The van der Waals surface area contributed by atoms with Gasteiger partial charge in [0.1, 0.15) is 5.75 Å². The molecule has 0 aliphatic heterocycles. The van der Waals surface area contributed by atoms with Gasteiger partial charge in [0.15, 0.2) is 5.96 Å². The van der Waals surface area contributed by atoms with Crippen LogP contribution in [0, 0.1) is 0 Å². The number of halogens is 1. The number of aryl methyl sites for hydroxylation is 1. The molecule has 0 saturated heterocycles. The quantitative estimate of drug-likeness (QED) is 0.447. The smallest absolute Gasteiger partial charge is 0.193 e. The number of benzene rings is 1. The van der Waals surface area contributed by atoms with Crippen LogP contribution in [0.2, 0.25) is 0 Å². The lowest BCUT2D eigenvalue weighted by atomic mass is 10.3. The molecule has 0 radical (unpaired) electrons. The first-order valence-corrected chi connectivity index (χ1v) is 6.85. The van der Waals surface area contributed by atoms with E-state index in [1.165, 1.54) is 0 Å². The molecule has 0 aliphatic carbocycles. The van der Waals surface area contributed by atoms with Crippen LogP contribution in [0.4, 0.5) is 5.69 Å². The maximum absolute atomic E-state index is 5.87. The van der Waals surface area contributed by atoms with E-state index in [0.717, 1.165) is 17.1 Å². The molecule has 0 atom stereocenters. The Morgan fingerprint density at radius 1 is 1.32 bits per heavy atom. The number of hydrogen-bond donors (Lipinski definition) is 2. The van der Waals surface area contributed by atoms with Crippen molar-refractivity contribution in [3.8, 4) is 5.75 Å². The van der Waals surface area contributed by atoms with Crippen LogP contribution in [0.25, 0.3) is 0 Å². The summed E-state index contributed by atoms with van der Waals surface area (Å²) in [5.74, 6) is 1.20. The van der Waals surface area contributed by atoms with Gasteiger partial charge < -0.3 is 15.8 Å². The number of aliphatic imine (C=N–C) groups is 1. The second-order valence-electron chi connectivity index (χ2n) is 4.96. The lowest BCUT2D eigenvalue weighted by Gasteiger charge is -2.11. The minimum atomic E-state index is 0. The highest BCUT2D eigenvalue weighted by molar-refractivity contribution is 14.0. The Hall–Kier alpha value is -1.77. The molecule has 1 heterocycles. The SMILES string of the molecule is CC(C)Oc1ccc(NC(N)=NCc2ccnn2C)cc1.I. The number of nitrogens with zero attached hydrogens (tertiary/aromatic N) is 3. The van der Waals surface area contributed by atoms with Gasteiger partial charge in [-0.15, -0.1) is 24.0 Å². The summed E-state index contributed by atoms with van der Waals surface area (Å²) in [7, 11) is 1.88. The van der Waals surface area contributed by atoms with Crippen molar-refractivity contribution in [2.75, 3.05) is 5.32 Å². The number of aromatic nitrogens is 2. The van der Waals surface area contributed by atoms with Gasteiger partial charge in [-0.05, 0) is 44.2 Å². The van der Waals surface area contributed by atoms with Crippen LogP contribution < -0.4 is 15.8 Å². The zero-order valence-corrected chi connectivity index (χ0v) is 15.3. The fourth-order valence-corrected chi connectivity index (χ4v) is 1.80. The van der Waals surface area contributed by atoms with Gasteiger partial charge in [-0.1, -0.05) is 0 Å². The molecule has 0 bridgehead atoms. The summed E-state index contributed by atoms with van der Waals surface area (Å²) in [5, 5.41) is 7.13. The third kappa shape index (κ3) is 5.55. The molecule has 0 spiro atoms. The molecule has 2 aromatic rings. The van der Waals surface area contributed by atoms with E-state index in [1.807, 2.05) is 51.2 Å². The second-order valence-corrected chi connectivity index (χ2v) is 4.96. The fraction of sp³-hybridized carbons (Fsp3) is 0.333. The Labute approximate surface area is 147 Å². The van der Waals surface area contributed by atoms with Crippen LogP contribution in [0.5, 0.6) is 5.75 Å². The van der Waals surface area contributed by atoms with E-state index in [-0.39, 0.29) is 30.1 Å². The van der Waals surface area contributed by atoms with Crippen molar-refractivity contribution in [3.63, 3.8) is 0 Å². The van der Waals surface area contributed by atoms with Gasteiger partial charge in [0.05, 0.1) is 18.3 Å². The Morgan fingerprint density at radius 2 is 2.00 bits per heavy atom. The number of hydrogen-bond acceptors (Lipinski definition) is 3. The maximum atomic E-state index is 5.87. The molecule has 7 heteroatoms. The number of ether oxygens (including phenoxy) is 1. The molecule has 0 aliphatic rings. The largest absolute Gasteiger partial charge is 0.491 e. The van der Waals surface area contributed by atoms with E-state index in [9.17, 15) is 0 Å². The highest BCUT2D eigenvalue weighted by Gasteiger charge is 2.00. The second kappa shape index (κ2) is 8.62. The lowest BCUT2D eigenvalue weighted by Crippen LogP contribution is -2.22. The van der Waals surface area contributed by atoms with E-state index in [4.69, 9.17) is 10.5 Å². The lowest BCUT2D eigenvalue weighted by molar-refractivity contribution is 0.242. The van der Waals surface area contributed by atoms with Crippen LogP contribution in [0.1, 0.15) is 19.5 Å². The first kappa shape index (κ1) is 18.3. The van der Waals surface area contributed by atoms with Gasteiger partial charge >= 0.3 is 0 Å². The van der Waals surface area contributed by atoms with Crippen LogP contribution in [-0.2, 0) is 13.6 Å². The molecule has 120 valence electrons. The van der Waals surface area contributed by atoms with E-state index in [0.29, 0.717) is 12.5 Å². The number of nitrogens with one attached hydrogen (secondary N) is 1. The highest BCUT2D eigenvalue weighted by Crippen LogP contribution is 2.16. The zero-order valence-electron chi connectivity index (χ0n) is 13.0. The Bertz CT molecular complexity index is 607. The molecule has 0 fully saturated rings. The molecule has 0 saturated carbocycles. The minimum Gasteiger partial charge on any atom is -0.491 e. The molecule has 0 amide bonds. The summed E-state index contributed by atoms with van der Waals surface area (Å²) < 4.78 is 7.36. The monoisotopic (exact) mass is 415 g/mol. The molecular weight excluding hydrogens is 393 g/mol. The summed E-state index contributed by atoms with van der Waals surface area (Å²) in [4.78, 5) is 4.28. The van der Waals surface area contributed by atoms with Crippen LogP contribution in [0.15, 0.2) is 41.5 Å². The van der Waals surface area contributed by atoms with Crippen LogP contribution in [0.3, 0.4) is 0 Å². The molecule has 3 N–H and O–H groups in total. The van der Waals surface area contributed by atoms with Gasteiger partial charge in [0, 0.05) is 18.9 Å². The number of nitrogens with two attached hydrogens (primary N) is 1. The Kier molecular flexibility index (Phi) is 7.16. The predicted octanol–water partition coefficient (Wildman–Crippen LogP) is 2.75. The Balaban J connectivity index is 0.00000242. The van der Waals surface area contributed by atoms with Gasteiger partial charge in [-0.25, -0.2) is 4.99 Å². The summed E-state index contributed by atoms with van der Waals surface area (Å²) >= 11 is 0. The fourth-order valence-electron chi connectivity index (χ4n) is 1.80. The summed E-state index contributed by atoms with van der Waals surface area (Å²) in [5.41, 5.74) is 7.74. The number of rotatable bonds is 5. The van der Waals surface area contributed by atoms with Gasteiger partial charge in [0.2, 0.25) is 0 Å². The van der Waals surface area contributed by atoms with Crippen molar-refractivity contribution in [2.45, 2.75) is 26.5 Å². The first-order valence-electron chi connectivity index (χ1n) is 6.85. The average molecular weight is 415 g/mol. The number of anilines is 1. The predicted molar refractivity (Wildman–Crippen MR) is 99.8 cm³/mol. The van der Waals surface area contributed by atoms with Crippen molar-refractivity contribution in [1.82, 2.24) is 9.78 Å². The molecule has 2 rings (SSSR count). The first-order chi connectivity index (χ1) is 10.0. The summed E-state index contributed by atoms with van der Waals surface area (Å²) in [6.07, 6.45) is 1.90. The van der Waals surface area contributed by atoms with Crippen molar-refractivity contribution in [3.05, 3.63) is 42.2 Å². The van der Waals surface area contributed by atoms with E-state index >= 15 is 0 Å². The van der Waals surface area contributed by atoms with Crippen molar-refractivity contribution in [2.24, 2.45) is 17.8 Å².